The Morgan fingerprint density at radius 2 is 2.43 bits per heavy atom. The van der Waals surface area contributed by atoms with Gasteiger partial charge in [-0.3, -0.25) is 0 Å². The van der Waals surface area contributed by atoms with Crippen LogP contribution in [0.1, 0.15) is 6.92 Å². The van der Waals surface area contributed by atoms with Gasteiger partial charge in [0, 0.05) is 6.20 Å². The standard InChI is InChI=1S/C8H7BrClNO3/c1-4(8(12)13)14-7-6(9)2-5(10)3-11-7/h2-4H,1H3,(H,12,13). The van der Waals surface area contributed by atoms with Gasteiger partial charge in [-0.15, -0.1) is 0 Å². The molecule has 0 bridgehead atoms. The second kappa shape index (κ2) is 4.61. The number of halogens is 2. The highest BCUT2D eigenvalue weighted by Gasteiger charge is 2.15. The third-order valence-electron chi connectivity index (χ3n) is 1.41. The minimum atomic E-state index is -1.05. The van der Waals surface area contributed by atoms with E-state index < -0.39 is 12.1 Å². The van der Waals surface area contributed by atoms with Gasteiger partial charge in [-0.05, 0) is 28.9 Å². The molecular weight excluding hydrogens is 273 g/mol. The molecule has 1 atom stereocenters. The van der Waals surface area contributed by atoms with Crippen molar-refractivity contribution in [2.24, 2.45) is 0 Å². The summed E-state index contributed by atoms with van der Waals surface area (Å²) in [7, 11) is 0. The average molecular weight is 281 g/mol. The van der Waals surface area contributed by atoms with Crippen molar-refractivity contribution in [3.05, 3.63) is 21.8 Å². The molecule has 1 aromatic rings. The zero-order valence-electron chi connectivity index (χ0n) is 7.20. The Bertz CT molecular complexity index is 358. The van der Waals surface area contributed by atoms with Crippen molar-refractivity contribution in [3.63, 3.8) is 0 Å². The Hall–Kier alpha value is -0.810. The van der Waals surface area contributed by atoms with Crippen LogP contribution in [-0.2, 0) is 4.79 Å². The third kappa shape index (κ3) is 2.85. The molecule has 0 aliphatic heterocycles. The van der Waals surface area contributed by atoms with Crippen LogP contribution >= 0.6 is 27.5 Å². The van der Waals surface area contributed by atoms with E-state index in [1.807, 2.05) is 0 Å². The van der Waals surface area contributed by atoms with E-state index in [2.05, 4.69) is 20.9 Å². The summed E-state index contributed by atoms with van der Waals surface area (Å²) >= 11 is 8.81. The molecule has 0 aromatic carbocycles. The molecule has 6 heteroatoms. The maximum atomic E-state index is 10.5. The third-order valence-corrected chi connectivity index (χ3v) is 2.19. The summed E-state index contributed by atoms with van der Waals surface area (Å²) in [5, 5.41) is 9.05. The lowest BCUT2D eigenvalue weighted by atomic mass is 10.4. The van der Waals surface area contributed by atoms with Crippen LogP contribution < -0.4 is 4.74 Å². The highest BCUT2D eigenvalue weighted by molar-refractivity contribution is 9.10. The van der Waals surface area contributed by atoms with Gasteiger partial charge < -0.3 is 9.84 Å². The average Bonchev–Trinajstić information content (AvgIpc) is 2.09. The molecule has 1 aromatic heterocycles. The van der Waals surface area contributed by atoms with Crippen molar-refractivity contribution >= 4 is 33.5 Å². The van der Waals surface area contributed by atoms with E-state index in [-0.39, 0.29) is 5.88 Å². The van der Waals surface area contributed by atoms with Crippen molar-refractivity contribution in [1.82, 2.24) is 4.98 Å². The smallest absolute Gasteiger partial charge is 0.344 e. The van der Waals surface area contributed by atoms with Crippen molar-refractivity contribution < 1.29 is 14.6 Å². The number of hydrogen-bond acceptors (Lipinski definition) is 3. The number of pyridine rings is 1. The molecule has 0 spiro atoms. The van der Waals surface area contributed by atoms with Gasteiger partial charge >= 0.3 is 5.97 Å². The largest absolute Gasteiger partial charge is 0.479 e. The number of nitrogens with zero attached hydrogens (tertiary/aromatic N) is 1. The molecular formula is C8H7BrClNO3. The number of rotatable bonds is 3. The van der Waals surface area contributed by atoms with Gasteiger partial charge in [-0.25, -0.2) is 9.78 Å². The normalized spacial score (nSPS) is 12.2. The molecule has 1 N–H and O–H groups in total. The van der Waals surface area contributed by atoms with E-state index in [0.717, 1.165) is 0 Å². The summed E-state index contributed by atoms with van der Waals surface area (Å²) < 4.78 is 5.57. The van der Waals surface area contributed by atoms with Crippen LogP contribution in [-0.4, -0.2) is 22.2 Å². The minimum absolute atomic E-state index is 0.212. The van der Waals surface area contributed by atoms with E-state index in [9.17, 15) is 4.79 Å². The molecule has 1 rings (SSSR count). The molecule has 0 radical (unpaired) electrons. The number of aromatic nitrogens is 1. The second-order valence-electron chi connectivity index (χ2n) is 2.54. The summed E-state index contributed by atoms with van der Waals surface area (Å²) in [5.74, 6) is -0.835. The maximum absolute atomic E-state index is 10.5. The molecule has 76 valence electrons. The topological polar surface area (TPSA) is 59.4 Å². The number of ether oxygens (including phenoxy) is 1. The molecule has 0 saturated carbocycles. The quantitative estimate of drug-likeness (QED) is 0.923. The first-order chi connectivity index (χ1) is 6.50. The first-order valence-electron chi connectivity index (χ1n) is 3.71. The molecule has 0 amide bonds. The molecule has 0 fully saturated rings. The van der Waals surface area contributed by atoms with Crippen LogP contribution in [0, 0.1) is 0 Å². The van der Waals surface area contributed by atoms with Crippen LogP contribution in [0.4, 0.5) is 0 Å². The molecule has 14 heavy (non-hydrogen) atoms. The first kappa shape index (κ1) is 11.3. The van der Waals surface area contributed by atoms with Crippen molar-refractivity contribution in [3.8, 4) is 5.88 Å². The summed E-state index contributed by atoms with van der Waals surface area (Å²) in [6.07, 6.45) is 0.441. The molecule has 4 nitrogen and oxygen atoms in total. The number of carboxylic acids is 1. The Morgan fingerprint density at radius 1 is 1.79 bits per heavy atom. The minimum Gasteiger partial charge on any atom is -0.479 e. The highest BCUT2D eigenvalue weighted by Crippen LogP contribution is 2.25. The van der Waals surface area contributed by atoms with E-state index in [4.69, 9.17) is 21.4 Å². The fraction of sp³-hybridized carbons (Fsp3) is 0.250. The Balaban J connectivity index is 2.82. The molecule has 0 aliphatic carbocycles. The fourth-order valence-electron chi connectivity index (χ4n) is 0.707. The van der Waals surface area contributed by atoms with Crippen LogP contribution in [0.3, 0.4) is 0 Å². The predicted molar refractivity (Wildman–Crippen MR) is 54.7 cm³/mol. The second-order valence-corrected chi connectivity index (χ2v) is 3.83. The van der Waals surface area contributed by atoms with Crippen molar-refractivity contribution in [2.45, 2.75) is 13.0 Å². The van der Waals surface area contributed by atoms with Gasteiger partial charge in [0.05, 0.1) is 9.50 Å². The van der Waals surface area contributed by atoms with Crippen LogP contribution in [0.5, 0.6) is 5.88 Å². The van der Waals surface area contributed by atoms with Gasteiger partial charge in [-0.2, -0.15) is 0 Å². The van der Waals surface area contributed by atoms with Crippen LogP contribution in [0.15, 0.2) is 16.7 Å². The zero-order chi connectivity index (χ0) is 10.7. The fourth-order valence-corrected chi connectivity index (χ4v) is 1.44. The van der Waals surface area contributed by atoms with Crippen LogP contribution in [0.25, 0.3) is 0 Å². The monoisotopic (exact) mass is 279 g/mol. The number of aliphatic carboxylic acids is 1. The maximum Gasteiger partial charge on any atom is 0.344 e. The Morgan fingerprint density at radius 3 is 2.93 bits per heavy atom. The highest BCUT2D eigenvalue weighted by atomic mass is 79.9. The lowest BCUT2D eigenvalue weighted by Gasteiger charge is -2.10. The summed E-state index contributed by atoms with van der Waals surface area (Å²) in [6, 6.07) is 1.58. The zero-order valence-corrected chi connectivity index (χ0v) is 9.54. The van der Waals surface area contributed by atoms with Gasteiger partial charge in [0.1, 0.15) is 0 Å². The number of carbonyl (C=O) groups is 1. The summed E-state index contributed by atoms with van der Waals surface area (Å²) in [6.45, 7) is 1.42. The predicted octanol–water partition coefficient (Wildman–Crippen LogP) is 2.35. The molecule has 0 aliphatic rings. The first-order valence-corrected chi connectivity index (χ1v) is 4.88. The van der Waals surface area contributed by atoms with Gasteiger partial charge in [-0.1, -0.05) is 11.6 Å². The number of carboxylic acid groups (broad SMARTS) is 1. The molecule has 0 saturated heterocycles. The van der Waals surface area contributed by atoms with Crippen molar-refractivity contribution in [2.75, 3.05) is 0 Å². The van der Waals surface area contributed by atoms with Gasteiger partial charge in [0.15, 0.2) is 6.10 Å². The summed E-state index contributed by atoms with van der Waals surface area (Å²) in [5.41, 5.74) is 0. The van der Waals surface area contributed by atoms with E-state index in [1.165, 1.54) is 13.1 Å². The van der Waals surface area contributed by atoms with E-state index >= 15 is 0 Å². The Labute approximate surface area is 94.0 Å². The van der Waals surface area contributed by atoms with E-state index in [0.29, 0.717) is 9.50 Å². The lowest BCUT2D eigenvalue weighted by Crippen LogP contribution is -2.23. The van der Waals surface area contributed by atoms with Crippen molar-refractivity contribution in [1.29, 1.82) is 0 Å². The van der Waals surface area contributed by atoms with Gasteiger partial charge in [0.25, 0.3) is 0 Å². The van der Waals surface area contributed by atoms with E-state index in [1.54, 1.807) is 6.07 Å². The van der Waals surface area contributed by atoms with Gasteiger partial charge in [0.2, 0.25) is 5.88 Å². The molecule has 1 unspecified atom stereocenters. The number of hydrogen-bond donors (Lipinski definition) is 1. The van der Waals surface area contributed by atoms with Crippen LogP contribution in [0.2, 0.25) is 5.02 Å². The Kier molecular flexibility index (Phi) is 3.71. The SMILES string of the molecule is CC(Oc1ncc(Cl)cc1Br)C(=O)O. The lowest BCUT2D eigenvalue weighted by molar-refractivity contribution is -0.144. The summed E-state index contributed by atoms with van der Waals surface area (Å²) in [4.78, 5) is 14.3. The molecule has 1 heterocycles.